The molecule has 0 aliphatic carbocycles. The first-order chi connectivity index (χ1) is 8.65. The first kappa shape index (κ1) is 13.5. The van der Waals surface area contributed by atoms with Crippen LogP contribution in [0.2, 0.25) is 0 Å². The Labute approximate surface area is 110 Å². The molecule has 2 rings (SSSR count). The molecule has 1 aliphatic rings. The molecule has 0 bridgehead atoms. The summed E-state index contributed by atoms with van der Waals surface area (Å²) in [6.45, 7) is 9.63. The van der Waals surface area contributed by atoms with Gasteiger partial charge in [0.05, 0.1) is 12.2 Å². The van der Waals surface area contributed by atoms with E-state index in [2.05, 4.69) is 34.9 Å². The van der Waals surface area contributed by atoms with Crippen molar-refractivity contribution in [3.8, 4) is 0 Å². The van der Waals surface area contributed by atoms with E-state index in [1.807, 2.05) is 17.9 Å². The number of nitrogens with two attached hydrogens (primary N) is 1. The van der Waals surface area contributed by atoms with E-state index >= 15 is 0 Å². The molecule has 0 amide bonds. The van der Waals surface area contributed by atoms with Crippen molar-refractivity contribution in [3.63, 3.8) is 0 Å². The molecule has 1 aromatic rings. The monoisotopic (exact) mass is 251 g/mol. The van der Waals surface area contributed by atoms with Crippen molar-refractivity contribution in [2.45, 2.75) is 25.9 Å². The van der Waals surface area contributed by atoms with Gasteiger partial charge in [-0.15, -0.1) is 0 Å². The van der Waals surface area contributed by atoms with Crippen LogP contribution in [0, 0.1) is 0 Å². The number of hydrogen-bond acceptors (Lipinski definition) is 4. The zero-order valence-electron chi connectivity index (χ0n) is 11.7. The highest BCUT2D eigenvalue weighted by Crippen LogP contribution is 2.22. The molecule has 0 aromatic carbocycles. The third-order valence-electron chi connectivity index (χ3n) is 3.98. The van der Waals surface area contributed by atoms with Crippen LogP contribution in [0.25, 0.3) is 0 Å². The summed E-state index contributed by atoms with van der Waals surface area (Å²) in [5.41, 5.74) is 7.20. The Morgan fingerprint density at radius 3 is 2.78 bits per heavy atom. The maximum atomic E-state index is 5.97. The van der Waals surface area contributed by atoms with Gasteiger partial charge < -0.3 is 5.73 Å². The average molecular weight is 251 g/mol. The average Bonchev–Trinajstić information content (AvgIpc) is 2.77. The Hall–Kier alpha value is -0.910. The molecule has 2 atom stereocenters. The molecule has 2 N–H and O–H groups in total. The van der Waals surface area contributed by atoms with E-state index in [1.165, 1.54) is 5.56 Å². The molecule has 0 radical (unpaired) electrons. The molecular weight excluding hydrogens is 226 g/mol. The van der Waals surface area contributed by atoms with E-state index in [0.29, 0.717) is 18.6 Å². The van der Waals surface area contributed by atoms with Crippen LogP contribution in [0.5, 0.6) is 0 Å². The number of hydrogen-bond donors (Lipinski definition) is 1. The van der Waals surface area contributed by atoms with E-state index in [0.717, 1.165) is 26.2 Å². The van der Waals surface area contributed by atoms with Gasteiger partial charge in [-0.1, -0.05) is 6.92 Å². The molecule has 1 aliphatic heterocycles. The third-order valence-corrected chi connectivity index (χ3v) is 3.98. The van der Waals surface area contributed by atoms with Crippen molar-refractivity contribution < 1.29 is 0 Å². The van der Waals surface area contributed by atoms with Crippen LogP contribution in [0.1, 0.15) is 25.5 Å². The maximum absolute atomic E-state index is 5.97. The summed E-state index contributed by atoms with van der Waals surface area (Å²) in [6, 6.07) is 0.912. The van der Waals surface area contributed by atoms with Crippen molar-refractivity contribution in [2.75, 3.05) is 32.7 Å². The molecule has 0 saturated carbocycles. The largest absolute Gasteiger partial charge is 0.329 e. The number of nitrogens with zero attached hydrogens (tertiary/aromatic N) is 4. The van der Waals surface area contributed by atoms with Crippen molar-refractivity contribution in [3.05, 3.63) is 18.0 Å². The maximum Gasteiger partial charge on any atom is 0.0538 e. The number of rotatable bonds is 4. The third kappa shape index (κ3) is 2.74. The second-order valence-corrected chi connectivity index (χ2v) is 5.17. The quantitative estimate of drug-likeness (QED) is 0.844. The van der Waals surface area contributed by atoms with Crippen LogP contribution < -0.4 is 5.73 Å². The van der Waals surface area contributed by atoms with Crippen molar-refractivity contribution in [2.24, 2.45) is 12.8 Å². The van der Waals surface area contributed by atoms with Crippen LogP contribution in [0.15, 0.2) is 12.4 Å². The predicted octanol–water partition coefficient (Wildman–Crippen LogP) is 0.446. The Morgan fingerprint density at radius 1 is 1.50 bits per heavy atom. The normalized spacial score (nSPS) is 24.3. The highest BCUT2D eigenvalue weighted by atomic mass is 15.3. The summed E-state index contributed by atoms with van der Waals surface area (Å²) in [5.74, 6) is 0. The van der Waals surface area contributed by atoms with E-state index in [1.54, 1.807) is 0 Å². The van der Waals surface area contributed by atoms with Gasteiger partial charge >= 0.3 is 0 Å². The van der Waals surface area contributed by atoms with Gasteiger partial charge in [-0.25, -0.2) is 0 Å². The lowest BCUT2D eigenvalue weighted by Crippen LogP contribution is -2.53. The molecule has 5 heteroatoms. The van der Waals surface area contributed by atoms with Gasteiger partial charge in [0.15, 0.2) is 0 Å². The summed E-state index contributed by atoms with van der Waals surface area (Å²) in [5, 5.41) is 4.25. The fraction of sp³-hybridized carbons (Fsp3) is 0.769. The van der Waals surface area contributed by atoms with Crippen molar-refractivity contribution in [1.82, 2.24) is 19.6 Å². The molecule has 2 unspecified atom stereocenters. The van der Waals surface area contributed by atoms with Gasteiger partial charge in [-0.3, -0.25) is 14.5 Å². The molecule has 1 aromatic heterocycles. The fourth-order valence-electron chi connectivity index (χ4n) is 2.88. The summed E-state index contributed by atoms with van der Waals surface area (Å²) in [6.07, 6.45) is 4.02. The Kier molecular flexibility index (Phi) is 4.37. The lowest BCUT2D eigenvalue weighted by molar-refractivity contribution is 0.0606. The van der Waals surface area contributed by atoms with E-state index < -0.39 is 0 Å². The zero-order chi connectivity index (χ0) is 13.1. The van der Waals surface area contributed by atoms with Crippen molar-refractivity contribution >= 4 is 0 Å². The zero-order valence-corrected chi connectivity index (χ0v) is 11.7. The molecule has 1 saturated heterocycles. The van der Waals surface area contributed by atoms with Crippen LogP contribution >= 0.6 is 0 Å². The van der Waals surface area contributed by atoms with Crippen LogP contribution in [0.4, 0.5) is 0 Å². The number of likely N-dealkylation sites (N-methyl/N-ethyl adjacent to an activating group) is 1. The van der Waals surface area contributed by atoms with Gasteiger partial charge in [-0.05, 0) is 13.5 Å². The number of piperazine rings is 1. The minimum absolute atomic E-state index is 0.306. The van der Waals surface area contributed by atoms with Crippen LogP contribution in [-0.2, 0) is 7.05 Å². The summed E-state index contributed by atoms with van der Waals surface area (Å²) < 4.78 is 1.85. The Bertz CT molecular complexity index is 375. The van der Waals surface area contributed by atoms with Gasteiger partial charge in [0, 0.05) is 51.0 Å². The molecule has 5 nitrogen and oxygen atoms in total. The number of aryl methyl sites for hydroxylation is 1. The SMILES string of the molecule is CCN1CCN(C(CN)c2cnn(C)c2)CC1C. The van der Waals surface area contributed by atoms with Crippen LogP contribution in [0.3, 0.4) is 0 Å². The van der Waals surface area contributed by atoms with E-state index in [9.17, 15) is 0 Å². The molecule has 18 heavy (non-hydrogen) atoms. The topological polar surface area (TPSA) is 50.3 Å². The van der Waals surface area contributed by atoms with Gasteiger partial charge in [-0.2, -0.15) is 5.10 Å². The van der Waals surface area contributed by atoms with E-state index in [-0.39, 0.29) is 0 Å². The lowest BCUT2D eigenvalue weighted by atomic mass is 10.1. The summed E-state index contributed by atoms with van der Waals surface area (Å²) in [7, 11) is 1.95. The van der Waals surface area contributed by atoms with Gasteiger partial charge in [0.2, 0.25) is 0 Å². The van der Waals surface area contributed by atoms with Gasteiger partial charge in [0.1, 0.15) is 0 Å². The second kappa shape index (κ2) is 5.82. The Balaban J connectivity index is 2.06. The lowest BCUT2D eigenvalue weighted by Gasteiger charge is -2.42. The summed E-state index contributed by atoms with van der Waals surface area (Å²) in [4.78, 5) is 5.02. The van der Waals surface area contributed by atoms with Crippen LogP contribution in [-0.4, -0.2) is 58.3 Å². The predicted molar refractivity (Wildman–Crippen MR) is 73.3 cm³/mol. The molecule has 102 valence electrons. The van der Waals surface area contributed by atoms with E-state index in [4.69, 9.17) is 5.73 Å². The van der Waals surface area contributed by atoms with Gasteiger partial charge in [0.25, 0.3) is 0 Å². The first-order valence-corrected chi connectivity index (χ1v) is 6.82. The highest BCUT2D eigenvalue weighted by Gasteiger charge is 2.28. The molecule has 1 fully saturated rings. The number of aromatic nitrogens is 2. The molecule has 0 spiro atoms. The standard InChI is InChI=1S/C13H25N5/c1-4-17-5-6-18(9-11(17)2)13(7-14)12-8-15-16(3)10-12/h8,10-11,13H,4-7,9,14H2,1-3H3. The molecular formula is C13H25N5. The highest BCUT2D eigenvalue weighted by molar-refractivity contribution is 5.11. The Morgan fingerprint density at radius 2 is 2.28 bits per heavy atom. The van der Waals surface area contributed by atoms with Crippen molar-refractivity contribution in [1.29, 1.82) is 0 Å². The fourth-order valence-corrected chi connectivity index (χ4v) is 2.88. The minimum Gasteiger partial charge on any atom is -0.329 e. The first-order valence-electron chi connectivity index (χ1n) is 6.82. The minimum atomic E-state index is 0.306. The summed E-state index contributed by atoms with van der Waals surface area (Å²) >= 11 is 0. The smallest absolute Gasteiger partial charge is 0.0538 e. The second-order valence-electron chi connectivity index (χ2n) is 5.17. The molecule has 2 heterocycles.